The molecule has 0 bridgehead atoms. The van der Waals surface area contributed by atoms with Gasteiger partial charge in [-0.2, -0.15) is 4.68 Å². The number of ether oxygens (including phenoxy) is 1. The van der Waals surface area contributed by atoms with E-state index >= 15 is 0 Å². The SMILES string of the molecule is O=C(CNC(=O)OCc1ccccc1)NCC(=O)n1nnc2ccccc21. The number of alkyl carbamates (subject to hydrolysis) is 1. The maximum absolute atomic E-state index is 12.2. The summed E-state index contributed by atoms with van der Waals surface area (Å²) in [7, 11) is 0. The number of aromatic nitrogens is 3. The van der Waals surface area contributed by atoms with Crippen molar-refractivity contribution in [3.63, 3.8) is 0 Å². The van der Waals surface area contributed by atoms with Crippen LogP contribution in [0.5, 0.6) is 0 Å². The molecule has 0 aliphatic heterocycles. The lowest BCUT2D eigenvalue weighted by Gasteiger charge is -2.08. The molecule has 3 rings (SSSR count). The van der Waals surface area contributed by atoms with Gasteiger partial charge in [0, 0.05) is 0 Å². The summed E-state index contributed by atoms with van der Waals surface area (Å²) in [6, 6.07) is 16.2. The number of para-hydroxylation sites is 1. The molecule has 0 fully saturated rings. The minimum Gasteiger partial charge on any atom is -0.445 e. The van der Waals surface area contributed by atoms with E-state index in [1.165, 1.54) is 0 Å². The number of carbonyl (C=O) groups is 3. The summed E-state index contributed by atoms with van der Waals surface area (Å²) < 4.78 is 6.11. The Hall–Kier alpha value is -3.75. The number of rotatable bonds is 6. The third-order valence-corrected chi connectivity index (χ3v) is 3.63. The lowest BCUT2D eigenvalue weighted by molar-refractivity contribution is -0.120. The molecule has 0 spiro atoms. The molecule has 0 saturated heterocycles. The molecule has 0 atom stereocenters. The number of hydrogen-bond donors (Lipinski definition) is 2. The van der Waals surface area contributed by atoms with Gasteiger partial charge in [0.1, 0.15) is 18.7 Å². The zero-order valence-corrected chi connectivity index (χ0v) is 14.3. The first kappa shape index (κ1) is 18.1. The van der Waals surface area contributed by atoms with E-state index < -0.39 is 17.9 Å². The Bertz CT molecular complexity index is 955. The topological polar surface area (TPSA) is 115 Å². The summed E-state index contributed by atoms with van der Waals surface area (Å²) in [6.45, 7) is -0.474. The third-order valence-electron chi connectivity index (χ3n) is 3.63. The average Bonchev–Trinajstić information content (AvgIpc) is 3.14. The zero-order valence-electron chi connectivity index (χ0n) is 14.3. The molecule has 0 aliphatic carbocycles. The van der Waals surface area contributed by atoms with Crippen LogP contribution in [0.1, 0.15) is 10.4 Å². The maximum atomic E-state index is 12.2. The van der Waals surface area contributed by atoms with Gasteiger partial charge in [0.15, 0.2) is 0 Å². The van der Waals surface area contributed by atoms with Gasteiger partial charge in [-0.05, 0) is 17.7 Å². The van der Waals surface area contributed by atoms with Gasteiger partial charge < -0.3 is 15.4 Å². The summed E-state index contributed by atoms with van der Waals surface area (Å²) in [5, 5.41) is 12.4. The number of fused-ring (bicyclic) bond motifs is 1. The fourth-order valence-corrected chi connectivity index (χ4v) is 2.29. The van der Waals surface area contributed by atoms with E-state index in [9.17, 15) is 14.4 Å². The van der Waals surface area contributed by atoms with E-state index in [1.807, 2.05) is 30.3 Å². The number of amides is 2. The van der Waals surface area contributed by atoms with E-state index in [2.05, 4.69) is 20.9 Å². The summed E-state index contributed by atoms with van der Waals surface area (Å²) in [4.78, 5) is 35.5. The van der Waals surface area contributed by atoms with Crippen LogP contribution >= 0.6 is 0 Å². The van der Waals surface area contributed by atoms with Crippen molar-refractivity contribution in [1.82, 2.24) is 25.6 Å². The molecule has 9 nitrogen and oxygen atoms in total. The summed E-state index contributed by atoms with van der Waals surface area (Å²) in [5.74, 6) is -0.965. The van der Waals surface area contributed by atoms with Gasteiger partial charge in [0.2, 0.25) is 5.91 Å². The highest BCUT2D eigenvalue weighted by Gasteiger charge is 2.13. The Morgan fingerprint density at radius 1 is 0.926 bits per heavy atom. The van der Waals surface area contributed by atoms with Crippen molar-refractivity contribution in [2.75, 3.05) is 13.1 Å². The molecule has 9 heteroatoms. The van der Waals surface area contributed by atoms with E-state index in [4.69, 9.17) is 4.74 Å². The van der Waals surface area contributed by atoms with Crippen LogP contribution in [0.2, 0.25) is 0 Å². The molecule has 27 heavy (non-hydrogen) atoms. The van der Waals surface area contributed by atoms with E-state index in [-0.39, 0.29) is 19.7 Å². The van der Waals surface area contributed by atoms with Crippen LogP contribution in [-0.4, -0.2) is 46.0 Å². The van der Waals surface area contributed by atoms with Gasteiger partial charge in [-0.15, -0.1) is 5.10 Å². The van der Waals surface area contributed by atoms with Crippen molar-refractivity contribution in [2.45, 2.75) is 6.61 Å². The van der Waals surface area contributed by atoms with Gasteiger partial charge in [-0.1, -0.05) is 47.7 Å². The number of nitrogens with one attached hydrogen (secondary N) is 2. The molecule has 0 unspecified atom stereocenters. The van der Waals surface area contributed by atoms with Crippen LogP contribution in [-0.2, 0) is 16.1 Å². The van der Waals surface area contributed by atoms with Crippen LogP contribution in [0, 0.1) is 0 Å². The molecular formula is C18H17N5O4. The minimum absolute atomic E-state index is 0.103. The number of hydrogen-bond acceptors (Lipinski definition) is 6. The van der Waals surface area contributed by atoms with E-state index in [1.54, 1.807) is 24.3 Å². The second kappa shape index (κ2) is 8.56. The first-order valence-electron chi connectivity index (χ1n) is 8.18. The molecule has 2 N–H and O–H groups in total. The Morgan fingerprint density at radius 2 is 1.67 bits per heavy atom. The predicted molar refractivity (Wildman–Crippen MR) is 95.8 cm³/mol. The molecule has 3 aromatic rings. The first-order valence-corrected chi connectivity index (χ1v) is 8.18. The maximum Gasteiger partial charge on any atom is 0.407 e. The lowest BCUT2D eigenvalue weighted by Crippen LogP contribution is -2.40. The quantitative estimate of drug-likeness (QED) is 0.674. The van der Waals surface area contributed by atoms with E-state index in [0.29, 0.717) is 11.0 Å². The van der Waals surface area contributed by atoms with Crippen molar-refractivity contribution in [1.29, 1.82) is 0 Å². The van der Waals surface area contributed by atoms with Crippen molar-refractivity contribution in [3.8, 4) is 0 Å². The summed E-state index contributed by atoms with van der Waals surface area (Å²) >= 11 is 0. The van der Waals surface area contributed by atoms with Crippen LogP contribution < -0.4 is 10.6 Å². The highest BCUT2D eigenvalue weighted by atomic mass is 16.5. The van der Waals surface area contributed by atoms with Gasteiger partial charge in [0.25, 0.3) is 5.91 Å². The molecule has 1 aromatic heterocycles. The Labute approximate surface area is 154 Å². The Balaban J connectivity index is 1.40. The van der Waals surface area contributed by atoms with E-state index in [0.717, 1.165) is 10.2 Å². The number of nitrogens with zero attached hydrogens (tertiary/aromatic N) is 3. The average molecular weight is 367 g/mol. The van der Waals surface area contributed by atoms with Crippen molar-refractivity contribution in [3.05, 3.63) is 60.2 Å². The third kappa shape index (κ3) is 4.88. The van der Waals surface area contributed by atoms with Crippen LogP contribution in [0.3, 0.4) is 0 Å². The molecule has 2 amide bonds. The smallest absolute Gasteiger partial charge is 0.407 e. The van der Waals surface area contributed by atoms with Crippen molar-refractivity contribution >= 4 is 28.9 Å². The van der Waals surface area contributed by atoms with Gasteiger partial charge in [-0.25, -0.2) is 4.79 Å². The lowest BCUT2D eigenvalue weighted by atomic mass is 10.2. The molecule has 0 saturated carbocycles. The van der Waals surface area contributed by atoms with Crippen LogP contribution in [0.4, 0.5) is 4.79 Å². The standard InChI is InChI=1S/C18H17N5O4/c24-16(10-20-18(26)27-12-13-6-2-1-3-7-13)19-11-17(25)23-15-9-5-4-8-14(15)21-22-23/h1-9H,10-12H2,(H,19,24)(H,20,26). The highest BCUT2D eigenvalue weighted by Crippen LogP contribution is 2.08. The minimum atomic E-state index is -0.720. The summed E-state index contributed by atoms with van der Waals surface area (Å²) in [5.41, 5.74) is 1.97. The second-order valence-corrected chi connectivity index (χ2v) is 5.58. The molecule has 1 heterocycles. The molecule has 138 valence electrons. The molecule has 0 aliphatic rings. The van der Waals surface area contributed by atoms with Gasteiger partial charge in [0.05, 0.1) is 12.1 Å². The number of benzene rings is 2. The number of carbonyl (C=O) groups excluding carboxylic acids is 3. The predicted octanol–water partition coefficient (Wildman–Crippen LogP) is 1.11. The first-order chi connectivity index (χ1) is 13.1. The fraction of sp³-hybridized carbons (Fsp3) is 0.167. The second-order valence-electron chi connectivity index (χ2n) is 5.58. The highest BCUT2D eigenvalue weighted by molar-refractivity contribution is 5.92. The summed E-state index contributed by atoms with van der Waals surface area (Å²) in [6.07, 6.45) is -0.720. The normalized spacial score (nSPS) is 10.4. The van der Waals surface area contributed by atoms with Crippen molar-refractivity contribution in [2.24, 2.45) is 0 Å². The molecular weight excluding hydrogens is 350 g/mol. The fourth-order valence-electron chi connectivity index (χ4n) is 2.29. The Kier molecular flexibility index (Phi) is 5.73. The van der Waals surface area contributed by atoms with Crippen LogP contribution in [0.15, 0.2) is 54.6 Å². The Morgan fingerprint density at radius 3 is 2.48 bits per heavy atom. The zero-order chi connectivity index (χ0) is 19.1. The monoisotopic (exact) mass is 367 g/mol. The molecule has 0 radical (unpaired) electrons. The van der Waals surface area contributed by atoms with Crippen molar-refractivity contribution < 1.29 is 19.1 Å². The largest absolute Gasteiger partial charge is 0.445 e. The molecule has 2 aromatic carbocycles. The van der Waals surface area contributed by atoms with Gasteiger partial charge >= 0.3 is 6.09 Å². The van der Waals surface area contributed by atoms with Crippen LogP contribution in [0.25, 0.3) is 11.0 Å². The van der Waals surface area contributed by atoms with Gasteiger partial charge in [-0.3, -0.25) is 9.59 Å².